The first-order valence-electron chi connectivity index (χ1n) is 4.26. The lowest BCUT2D eigenvalue weighted by Gasteiger charge is -2.07. The number of aromatic hydroxyl groups is 2. The number of phenols is 2. The highest BCUT2D eigenvalue weighted by atomic mass is 35.5. The molecule has 0 saturated carbocycles. The zero-order valence-corrected chi connectivity index (χ0v) is 8.45. The molecule has 0 aromatic heterocycles. The molecule has 1 aromatic carbocycles. The van der Waals surface area contributed by atoms with E-state index in [2.05, 4.69) is 0 Å². The van der Waals surface area contributed by atoms with Crippen molar-refractivity contribution in [3.8, 4) is 11.5 Å². The molecule has 0 aliphatic rings. The highest BCUT2D eigenvalue weighted by molar-refractivity contribution is 6.34. The van der Waals surface area contributed by atoms with E-state index in [0.717, 1.165) is 6.07 Å². The van der Waals surface area contributed by atoms with Crippen LogP contribution in [0.3, 0.4) is 0 Å². The van der Waals surface area contributed by atoms with Gasteiger partial charge in [0, 0.05) is 6.07 Å². The van der Waals surface area contributed by atoms with Gasteiger partial charge in [-0.3, -0.25) is 4.79 Å². The van der Waals surface area contributed by atoms with Gasteiger partial charge in [0.25, 0.3) is 0 Å². The normalized spacial score (nSPS) is 12.4. The first-order valence-corrected chi connectivity index (χ1v) is 4.70. The maximum Gasteiger partial charge on any atom is 0.184 e. The van der Waals surface area contributed by atoms with Crippen LogP contribution in [-0.4, -0.2) is 21.4 Å². The molecular weight excluding hydrogens is 204 g/mol. The Bertz CT molecular complexity index is 349. The van der Waals surface area contributed by atoms with Crippen LogP contribution in [0.2, 0.25) is 0 Å². The van der Waals surface area contributed by atoms with Crippen LogP contribution in [0.1, 0.15) is 23.7 Å². The third-order valence-electron chi connectivity index (χ3n) is 1.89. The number of rotatable bonds is 3. The van der Waals surface area contributed by atoms with Crippen molar-refractivity contribution in [1.29, 1.82) is 0 Å². The van der Waals surface area contributed by atoms with E-state index in [0.29, 0.717) is 6.42 Å². The minimum Gasteiger partial charge on any atom is -0.508 e. The molecule has 3 nitrogen and oxygen atoms in total. The Morgan fingerprint density at radius 1 is 1.50 bits per heavy atom. The number of benzene rings is 1. The van der Waals surface area contributed by atoms with Gasteiger partial charge in [-0.2, -0.15) is 0 Å². The van der Waals surface area contributed by atoms with Crippen molar-refractivity contribution < 1.29 is 15.0 Å². The Hall–Kier alpha value is -1.22. The van der Waals surface area contributed by atoms with Gasteiger partial charge in [-0.1, -0.05) is 6.92 Å². The first-order chi connectivity index (χ1) is 6.56. The number of hydrogen-bond acceptors (Lipinski definition) is 3. The summed E-state index contributed by atoms with van der Waals surface area (Å²) >= 11 is 5.74. The number of carbonyl (C=O) groups is 1. The molecule has 0 aliphatic heterocycles. The number of Topliss-reactive ketones (excluding diaryl/α,β-unsaturated/α-hetero) is 1. The second-order valence-corrected chi connectivity index (χ2v) is 3.47. The van der Waals surface area contributed by atoms with E-state index in [1.807, 2.05) is 0 Å². The van der Waals surface area contributed by atoms with E-state index in [4.69, 9.17) is 16.7 Å². The summed E-state index contributed by atoms with van der Waals surface area (Å²) in [6, 6.07) is 3.82. The highest BCUT2D eigenvalue weighted by Gasteiger charge is 2.18. The zero-order chi connectivity index (χ0) is 10.7. The molecule has 4 heteroatoms. The summed E-state index contributed by atoms with van der Waals surface area (Å²) < 4.78 is 0. The highest BCUT2D eigenvalue weighted by Crippen LogP contribution is 2.25. The third-order valence-corrected chi connectivity index (χ3v) is 2.40. The van der Waals surface area contributed by atoms with Crippen LogP contribution in [0.5, 0.6) is 11.5 Å². The summed E-state index contributed by atoms with van der Waals surface area (Å²) in [7, 11) is 0. The minimum absolute atomic E-state index is 0.0818. The number of alkyl halides is 1. The fourth-order valence-corrected chi connectivity index (χ4v) is 1.20. The Labute approximate surface area is 86.9 Å². The SMILES string of the molecule is CCC(Cl)C(=O)c1ccc(O)cc1O. The number of ketones is 1. The summed E-state index contributed by atoms with van der Waals surface area (Å²) in [4.78, 5) is 11.5. The average Bonchev–Trinajstić information content (AvgIpc) is 2.15. The average molecular weight is 215 g/mol. The molecule has 0 aliphatic carbocycles. The Morgan fingerprint density at radius 3 is 2.64 bits per heavy atom. The predicted octanol–water partition coefficient (Wildman–Crippen LogP) is 2.30. The fourth-order valence-electron chi connectivity index (χ4n) is 1.08. The van der Waals surface area contributed by atoms with Crippen LogP contribution >= 0.6 is 11.6 Å². The molecule has 0 spiro atoms. The van der Waals surface area contributed by atoms with Gasteiger partial charge >= 0.3 is 0 Å². The van der Waals surface area contributed by atoms with Crippen LogP contribution < -0.4 is 0 Å². The maximum atomic E-state index is 11.5. The largest absolute Gasteiger partial charge is 0.508 e. The second kappa shape index (κ2) is 4.33. The lowest BCUT2D eigenvalue weighted by Crippen LogP contribution is -2.13. The van der Waals surface area contributed by atoms with Crippen molar-refractivity contribution in [2.24, 2.45) is 0 Å². The van der Waals surface area contributed by atoms with E-state index in [1.54, 1.807) is 6.92 Å². The van der Waals surface area contributed by atoms with Crippen molar-refractivity contribution in [2.75, 3.05) is 0 Å². The molecule has 1 rings (SSSR count). The molecule has 0 bridgehead atoms. The molecule has 1 aromatic rings. The smallest absolute Gasteiger partial charge is 0.184 e. The summed E-state index contributed by atoms with van der Waals surface area (Å²) in [5, 5.41) is 17.7. The van der Waals surface area contributed by atoms with E-state index >= 15 is 0 Å². The summed E-state index contributed by atoms with van der Waals surface area (Å²) in [6.45, 7) is 1.78. The molecule has 1 unspecified atom stereocenters. The maximum absolute atomic E-state index is 11.5. The quantitative estimate of drug-likeness (QED) is 0.600. The standard InChI is InChI=1S/C10H11ClO3/c1-2-8(11)10(14)7-4-3-6(12)5-9(7)13/h3-5,8,12-13H,2H2,1H3. The number of carbonyl (C=O) groups excluding carboxylic acids is 1. The van der Waals surface area contributed by atoms with Gasteiger partial charge in [0.1, 0.15) is 11.5 Å². The van der Waals surface area contributed by atoms with E-state index in [-0.39, 0.29) is 22.8 Å². The van der Waals surface area contributed by atoms with Gasteiger partial charge in [-0.15, -0.1) is 11.6 Å². The molecule has 0 fully saturated rings. The summed E-state index contributed by atoms with van der Waals surface area (Å²) in [5.41, 5.74) is 0.143. The molecule has 2 N–H and O–H groups in total. The van der Waals surface area contributed by atoms with Gasteiger partial charge in [0.05, 0.1) is 10.9 Å². The van der Waals surface area contributed by atoms with Crippen molar-refractivity contribution in [2.45, 2.75) is 18.7 Å². The molecule has 1 atom stereocenters. The molecule has 14 heavy (non-hydrogen) atoms. The van der Waals surface area contributed by atoms with E-state index in [9.17, 15) is 9.90 Å². The van der Waals surface area contributed by atoms with Crippen LogP contribution in [0.25, 0.3) is 0 Å². The molecule has 76 valence electrons. The van der Waals surface area contributed by atoms with Gasteiger partial charge in [0.15, 0.2) is 5.78 Å². The fraction of sp³-hybridized carbons (Fsp3) is 0.300. The second-order valence-electron chi connectivity index (χ2n) is 2.94. The van der Waals surface area contributed by atoms with Crippen molar-refractivity contribution in [1.82, 2.24) is 0 Å². The summed E-state index contributed by atoms with van der Waals surface area (Å²) in [5.74, 6) is -0.651. The van der Waals surface area contributed by atoms with Gasteiger partial charge in [0.2, 0.25) is 0 Å². The lowest BCUT2D eigenvalue weighted by atomic mass is 10.1. The predicted molar refractivity (Wildman–Crippen MR) is 54.0 cm³/mol. The van der Waals surface area contributed by atoms with E-state index in [1.165, 1.54) is 12.1 Å². The number of phenolic OH excluding ortho intramolecular Hbond substituents is 2. The zero-order valence-electron chi connectivity index (χ0n) is 7.70. The third kappa shape index (κ3) is 2.17. The molecule has 0 saturated heterocycles. The van der Waals surface area contributed by atoms with E-state index < -0.39 is 5.38 Å². The molecule has 0 radical (unpaired) electrons. The van der Waals surface area contributed by atoms with Crippen molar-refractivity contribution in [3.63, 3.8) is 0 Å². The molecular formula is C10H11ClO3. The lowest BCUT2D eigenvalue weighted by molar-refractivity contribution is 0.0983. The van der Waals surface area contributed by atoms with Gasteiger partial charge in [-0.05, 0) is 18.6 Å². The molecule has 0 heterocycles. The van der Waals surface area contributed by atoms with Crippen LogP contribution in [-0.2, 0) is 0 Å². The van der Waals surface area contributed by atoms with Crippen molar-refractivity contribution in [3.05, 3.63) is 23.8 Å². The molecule has 0 amide bonds. The van der Waals surface area contributed by atoms with Crippen LogP contribution in [0, 0.1) is 0 Å². The van der Waals surface area contributed by atoms with Gasteiger partial charge < -0.3 is 10.2 Å². The minimum atomic E-state index is -0.634. The van der Waals surface area contributed by atoms with Crippen molar-refractivity contribution >= 4 is 17.4 Å². The summed E-state index contributed by atoms with van der Waals surface area (Å²) in [6.07, 6.45) is 0.501. The Kier molecular flexibility index (Phi) is 3.36. The Balaban J connectivity index is 3.02. The number of hydrogen-bond donors (Lipinski definition) is 2. The monoisotopic (exact) mass is 214 g/mol. The Morgan fingerprint density at radius 2 is 2.14 bits per heavy atom. The number of halogens is 1. The van der Waals surface area contributed by atoms with Crippen LogP contribution in [0.15, 0.2) is 18.2 Å². The topological polar surface area (TPSA) is 57.5 Å². The first kappa shape index (κ1) is 10.9. The van der Waals surface area contributed by atoms with Crippen LogP contribution in [0.4, 0.5) is 0 Å². The van der Waals surface area contributed by atoms with Gasteiger partial charge in [-0.25, -0.2) is 0 Å².